The third-order valence-electron chi connectivity index (χ3n) is 5.51. The zero-order valence-corrected chi connectivity index (χ0v) is 17.0. The van der Waals surface area contributed by atoms with Gasteiger partial charge in [0, 0.05) is 30.2 Å². The number of hydrogen-bond acceptors (Lipinski definition) is 4. The molecule has 0 N–H and O–H groups in total. The molecule has 150 valence electrons. The fourth-order valence-electron chi connectivity index (χ4n) is 4.10. The molecule has 0 spiro atoms. The van der Waals surface area contributed by atoms with Gasteiger partial charge in [-0.15, -0.1) is 0 Å². The van der Waals surface area contributed by atoms with Crippen LogP contribution in [0.5, 0.6) is 11.5 Å². The lowest BCUT2D eigenvalue weighted by atomic mass is 10.1. The summed E-state index contributed by atoms with van der Waals surface area (Å²) in [7, 11) is 0. The summed E-state index contributed by atoms with van der Waals surface area (Å²) in [5.74, 6) is 1.64. The molecule has 30 heavy (non-hydrogen) atoms. The maximum atomic E-state index is 5.93. The molecular formula is C25H24N4O. The number of benzene rings is 2. The van der Waals surface area contributed by atoms with E-state index in [1.54, 1.807) is 0 Å². The van der Waals surface area contributed by atoms with Gasteiger partial charge in [0.15, 0.2) is 0 Å². The van der Waals surface area contributed by atoms with Crippen molar-refractivity contribution < 1.29 is 4.74 Å². The van der Waals surface area contributed by atoms with E-state index in [1.165, 1.54) is 0 Å². The standard InChI is InChI=1S/C25H24N4O/c1-2-15-28-16-13-21(18-28)29-25-20(17-27-29)12-14-26-24(25)19-8-10-23(11-9-19)30-22-6-4-3-5-7-22/h2-12,14-15,17,21H,13,16,18H2,1H3/t21-/m0/s1. The Morgan fingerprint density at radius 1 is 1.00 bits per heavy atom. The van der Waals surface area contributed by atoms with E-state index < -0.39 is 0 Å². The van der Waals surface area contributed by atoms with Gasteiger partial charge in [-0.2, -0.15) is 5.10 Å². The normalized spacial score (nSPS) is 16.6. The predicted molar refractivity (Wildman–Crippen MR) is 120 cm³/mol. The fourth-order valence-corrected chi connectivity index (χ4v) is 4.10. The number of pyridine rings is 1. The number of fused-ring (bicyclic) bond motifs is 1. The van der Waals surface area contributed by atoms with Gasteiger partial charge < -0.3 is 9.64 Å². The maximum absolute atomic E-state index is 5.93. The molecule has 3 heterocycles. The predicted octanol–water partition coefficient (Wildman–Crippen LogP) is 5.67. The Hall–Kier alpha value is -3.60. The van der Waals surface area contributed by atoms with Crippen molar-refractivity contribution in [2.45, 2.75) is 19.4 Å². The lowest BCUT2D eigenvalue weighted by Gasteiger charge is -2.15. The summed E-state index contributed by atoms with van der Waals surface area (Å²) in [4.78, 5) is 7.07. The smallest absolute Gasteiger partial charge is 0.127 e. The molecule has 5 rings (SSSR count). The van der Waals surface area contributed by atoms with Crippen molar-refractivity contribution in [1.29, 1.82) is 0 Å². The first-order chi connectivity index (χ1) is 14.8. The Labute approximate surface area is 176 Å². The first kappa shape index (κ1) is 18.4. The van der Waals surface area contributed by atoms with Crippen LogP contribution in [-0.2, 0) is 0 Å². The van der Waals surface area contributed by atoms with E-state index in [2.05, 4.69) is 40.9 Å². The SMILES string of the molecule is CC=CN1CC[C@H](n2ncc3ccnc(-c4ccc(Oc5ccccc5)cc4)c32)C1. The van der Waals surface area contributed by atoms with Crippen molar-refractivity contribution in [1.82, 2.24) is 19.7 Å². The molecular weight excluding hydrogens is 372 g/mol. The molecule has 1 saturated heterocycles. The molecule has 1 aliphatic heterocycles. The number of rotatable bonds is 5. The molecule has 2 aromatic heterocycles. The van der Waals surface area contributed by atoms with E-state index in [1.807, 2.05) is 60.9 Å². The molecule has 4 aromatic rings. The van der Waals surface area contributed by atoms with Crippen LogP contribution in [0.2, 0.25) is 0 Å². The summed E-state index contributed by atoms with van der Waals surface area (Å²) in [6, 6.07) is 20.3. The number of ether oxygens (including phenoxy) is 1. The molecule has 0 radical (unpaired) electrons. The first-order valence-corrected chi connectivity index (χ1v) is 10.3. The molecule has 5 heteroatoms. The molecule has 1 aliphatic rings. The van der Waals surface area contributed by atoms with Crippen LogP contribution in [0.25, 0.3) is 22.2 Å². The van der Waals surface area contributed by atoms with Gasteiger partial charge in [-0.1, -0.05) is 24.3 Å². The Bertz CT molecular complexity index is 1160. The zero-order valence-electron chi connectivity index (χ0n) is 17.0. The van der Waals surface area contributed by atoms with Crippen LogP contribution in [-0.4, -0.2) is 32.8 Å². The Morgan fingerprint density at radius 3 is 2.60 bits per heavy atom. The van der Waals surface area contributed by atoms with Crippen molar-refractivity contribution in [2.75, 3.05) is 13.1 Å². The van der Waals surface area contributed by atoms with Gasteiger partial charge >= 0.3 is 0 Å². The highest BCUT2D eigenvalue weighted by molar-refractivity contribution is 5.91. The van der Waals surface area contributed by atoms with Crippen LogP contribution in [0.15, 0.2) is 85.3 Å². The van der Waals surface area contributed by atoms with Gasteiger partial charge in [0.05, 0.1) is 23.4 Å². The van der Waals surface area contributed by atoms with Crippen molar-refractivity contribution >= 4 is 10.9 Å². The topological polar surface area (TPSA) is 43.2 Å². The third kappa shape index (κ3) is 3.54. The second-order valence-corrected chi connectivity index (χ2v) is 7.55. The van der Waals surface area contributed by atoms with Crippen LogP contribution in [0.1, 0.15) is 19.4 Å². The number of hydrogen-bond donors (Lipinski definition) is 0. The maximum Gasteiger partial charge on any atom is 0.127 e. The molecule has 0 saturated carbocycles. The van der Waals surface area contributed by atoms with Crippen molar-refractivity contribution in [3.63, 3.8) is 0 Å². The van der Waals surface area contributed by atoms with E-state index in [0.29, 0.717) is 6.04 Å². The van der Waals surface area contributed by atoms with Crippen LogP contribution in [0.3, 0.4) is 0 Å². The summed E-state index contributed by atoms with van der Waals surface area (Å²) >= 11 is 0. The van der Waals surface area contributed by atoms with Crippen LogP contribution in [0, 0.1) is 0 Å². The van der Waals surface area contributed by atoms with E-state index >= 15 is 0 Å². The minimum Gasteiger partial charge on any atom is -0.457 e. The highest BCUT2D eigenvalue weighted by Crippen LogP contribution is 2.32. The number of aromatic nitrogens is 3. The Kier molecular flexibility index (Phi) is 4.93. The van der Waals surface area contributed by atoms with Crippen molar-refractivity contribution in [3.8, 4) is 22.8 Å². The second-order valence-electron chi connectivity index (χ2n) is 7.55. The van der Waals surface area contributed by atoms with Crippen LogP contribution >= 0.6 is 0 Å². The summed E-state index contributed by atoms with van der Waals surface area (Å²) in [5, 5.41) is 5.85. The zero-order chi connectivity index (χ0) is 20.3. The van der Waals surface area contributed by atoms with Gasteiger partial charge in [0.25, 0.3) is 0 Å². The number of allylic oxidation sites excluding steroid dienone is 1. The highest BCUT2D eigenvalue weighted by atomic mass is 16.5. The largest absolute Gasteiger partial charge is 0.457 e. The quantitative estimate of drug-likeness (QED) is 0.436. The van der Waals surface area contributed by atoms with Gasteiger partial charge in [-0.3, -0.25) is 9.67 Å². The monoisotopic (exact) mass is 396 g/mol. The summed E-state index contributed by atoms with van der Waals surface area (Å²) in [5.41, 5.74) is 3.12. The molecule has 1 fully saturated rings. The van der Waals surface area contributed by atoms with Crippen molar-refractivity contribution in [2.24, 2.45) is 0 Å². The Morgan fingerprint density at radius 2 is 1.80 bits per heavy atom. The number of para-hydroxylation sites is 1. The average Bonchev–Trinajstić information content (AvgIpc) is 3.42. The highest BCUT2D eigenvalue weighted by Gasteiger charge is 2.25. The average molecular weight is 396 g/mol. The molecule has 0 amide bonds. The van der Waals surface area contributed by atoms with Gasteiger partial charge in [0.2, 0.25) is 0 Å². The van der Waals surface area contributed by atoms with Gasteiger partial charge in [-0.25, -0.2) is 0 Å². The van der Waals surface area contributed by atoms with E-state index in [9.17, 15) is 0 Å². The molecule has 0 aliphatic carbocycles. The number of nitrogens with zero attached hydrogens (tertiary/aromatic N) is 4. The molecule has 0 unspecified atom stereocenters. The van der Waals surface area contributed by atoms with Crippen LogP contribution < -0.4 is 4.74 Å². The second kappa shape index (κ2) is 8.03. The lowest BCUT2D eigenvalue weighted by Crippen LogP contribution is -2.16. The van der Waals surface area contributed by atoms with Crippen molar-refractivity contribution in [3.05, 3.63) is 85.3 Å². The summed E-state index contributed by atoms with van der Waals surface area (Å²) in [6.45, 7) is 4.08. The molecule has 2 aromatic carbocycles. The molecule has 5 nitrogen and oxygen atoms in total. The minimum atomic E-state index is 0.349. The van der Waals surface area contributed by atoms with E-state index in [4.69, 9.17) is 14.8 Å². The summed E-state index contributed by atoms with van der Waals surface area (Å²) in [6.07, 6.45) is 9.15. The number of likely N-dealkylation sites (tertiary alicyclic amines) is 1. The summed E-state index contributed by atoms with van der Waals surface area (Å²) < 4.78 is 8.09. The van der Waals surface area contributed by atoms with E-state index in [0.717, 1.165) is 53.2 Å². The lowest BCUT2D eigenvalue weighted by molar-refractivity contribution is 0.422. The van der Waals surface area contributed by atoms with Gasteiger partial charge in [0.1, 0.15) is 11.5 Å². The third-order valence-corrected chi connectivity index (χ3v) is 5.51. The fraction of sp³-hybridized carbons (Fsp3) is 0.200. The van der Waals surface area contributed by atoms with Crippen LogP contribution in [0.4, 0.5) is 0 Å². The van der Waals surface area contributed by atoms with E-state index in [-0.39, 0.29) is 0 Å². The molecule has 0 bridgehead atoms. The Balaban J connectivity index is 1.46. The molecule has 1 atom stereocenters. The van der Waals surface area contributed by atoms with Gasteiger partial charge in [-0.05, 0) is 62.0 Å². The minimum absolute atomic E-state index is 0.349. The first-order valence-electron chi connectivity index (χ1n) is 10.3.